The van der Waals surface area contributed by atoms with E-state index in [2.05, 4.69) is 18.8 Å². The van der Waals surface area contributed by atoms with Gasteiger partial charge in [0, 0.05) is 24.9 Å². The van der Waals surface area contributed by atoms with E-state index in [-0.39, 0.29) is 18.4 Å². The first-order chi connectivity index (χ1) is 9.69. The number of carbonyl (C=O) groups is 1. The molecule has 2 N–H and O–H groups in total. The first-order valence-corrected chi connectivity index (χ1v) is 7.57. The molecule has 0 aromatic rings. The summed E-state index contributed by atoms with van der Waals surface area (Å²) < 4.78 is 5.35. The third-order valence-corrected chi connectivity index (χ3v) is 3.76. The van der Waals surface area contributed by atoms with Crippen molar-refractivity contribution in [2.45, 2.75) is 57.7 Å². The SMILES string of the molecule is CCCCCOCC(O)C#CC1CCC(O)C1CC=O. The minimum absolute atomic E-state index is 0.00458. The van der Waals surface area contributed by atoms with Crippen molar-refractivity contribution in [1.82, 2.24) is 0 Å². The van der Waals surface area contributed by atoms with E-state index >= 15 is 0 Å². The largest absolute Gasteiger partial charge is 0.393 e. The summed E-state index contributed by atoms with van der Waals surface area (Å²) in [4.78, 5) is 10.6. The van der Waals surface area contributed by atoms with Crippen molar-refractivity contribution in [2.75, 3.05) is 13.2 Å². The van der Waals surface area contributed by atoms with E-state index in [9.17, 15) is 15.0 Å². The van der Waals surface area contributed by atoms with Gasteiger partial charge in [0.1, 0.15) is 12.4 Å². The third kappa shape index (κ3) is 6.04. The number of rotatable bonds is 8. The molecule has 0 aliphatic heterocycles. The molecule has 0 heterocycles. The van der Waals surface area contributed by atoms with E-state index in [4.69, 9.17) is 4.74 Å². The van der Waals surface area contributed by atoms with Gasteiger partial charge in [0.2, 0.25) is 0 Å². The molecule has 0 radical (unpaired) electrons. The molecule has 1 aliphatic carbocycles. The van der Waals surface area contributed by atoms with Crippen molar-refractivity contribution in [1.29, 1.82) is 0 Å². The molecule has 4 heteroatoms. The zero-order chi connectivity index (χ0) is 14.8. The van der Waals surface area contributed by atoms with E-state index in [1.807, 2.05) is 0 Å². The molecule has 20 heavy (non-hydrogen) atoms. The van der Waals surface area contributed by atoms with Gasteiger partial charge in [0.05, 0.1) is 12.7 Å². The Balaban J connectivity index is 2.30. The number of aliphatic hydroxyl groups is 2. The Morgan fingerprint density at radius 2 is 2.20 bits per heavy atom. The monoisotopic (exact) mass is 282 g/mol. The maximum Gasteiger partial charge on any atom is 0.137 e. The van der Waals surface area contributed by atoms with Gasteiger partial charge >= 0.3 is 0 Å². The van der Waals surface area contributed by atoms with Gasteiger partial charge in [-0.1, -0.05) is 31.6 Å². The standard InChI is InChI=1S/C16H26O4/c1-2-3-4-11-20-12-14(18)7-5-13-6-8-16(19)15(13)9-10-17/h10,13-16,18-19H,2-4,6,8-9,11-12H2,1H3. The Morgan fingerprint density at radius 3 is 2.90 bits per heavy atom. The van der Waals surface area contributed by atoms with Crippen LogP contribution >= 0.6 is 0 Å². The molecule has 4 unspecified atom stereocenters. The normalized spacial score (nSPS) is 26.9. The van der Waals surface area contributed by atoms with Crippen molar-refractivity contribution in [3.63, 3.8) is 0 Å². The number of hydrogen-bond donors (Lipinski definition) is 2. The lowest BCUT2D eigenvalue weighted by molar-refractivity contribution is -0.109. The summed E-state index contributed by atoms with van der Waals surface area (Å²) in [7, 11) is 0. The predicted molar refractivity (Wildman–Crippen MR) is 77.0 cm³/mol. The zero-order valence-corrected chi connectivity index (χ0v) is 12.3. The Morgan fingerprint density at radius 1 is 1.40 bits per heavy atom. The summed E-state index contributed by atoms with van der Waals surface area (Å²) in [5, 5.41) is 19.5. The molecular formula is C16H26O4. The summed E-state index contributed by atoms with van der Waals surface area (Å²) >= 11 is 0. The highest BCUT2D eigenvalue weighted by molar-refractivity contribution is 5.50. The number of aliphatic hydroxyl groups excluding tert-OH is 2. The molecule has 0 spiro atoms. The summed E-state index contributed by atoms with van der Waals surface area (Å²) in [5.74, 6) is 5.70. The average molecular weight is 282 g/mol. The second-order valence-corrected chi connectivity index (χ2v) is 5.40. The Hall–Kier alpha value is -0.890. The average Bonchev–Trinajstić information content (AvgIpc) is 2.78. The maximum absolute atomic E-state index is 10.6. The number of aldehydes is 1. The molecule has 114 valence electrons. The number of unbranched alkanes of at least 4 members (excludes halogenated alkanes) is 2. The van der Waals surface area contributed by atoms with Crippen molar-refractivity contribution in [2.24, 2.45) is 11.8 Å². The van der Waals surface area contributed by atoms with Crippen LogP contribution in [0.1, 0.15) is 45.4 Å². The second kappa shape index (κ2) is 9.93. The highest BCUT2D eigenvalue weighted by Crippen LogP contribution is 2.33. The van der Waals surface area contributed by atoms with Crippen LogP contribution in [0.15, 0.2) is 0 Å². The van der Waals surface area contributed by atoms with Crippen molar-refractivity contribution >= 4 is 6.29 Å². The predicted octanol–water partition coefficient (Wildman–Crippen LogP) is 1.53. The highest BCUT2D eigenvalue weighted by atomic mass is 16.5. The number of hydrogen-bond acceptors (Lipinski definition) is 4. The topological polar surface area (TPSA) is 66.8 Å². The first-order valence-electron chi connectivity index (χ1n) is 7.57. The Labute approximate surface area is 121 Å². The van der Waals surface area contributed by atoms with Gasteiger partial charge in [-0.25, -0.2) is 0 Å². The highest BCUT2D eigenvalue weighted by Gasteiger charge is 2.33. The lowest BCUT2D eigenvalue weighted by Gasteiger charge is -2.15. The van der Waals surface area contributed by atoms with E-state index in [0.29, 0.717) is 19.4 Å². The minimum atomic E-state index is -0.786. The molecule has 0 aromatic heterocycles. The molecule has 0 bridgehead atoms. The van der Waals surface area contributed by atoms with Gasteiger partial charge in [-0.05, 0) is 19.3 Å². The summed E-state index contributed by atoms with van der Waals surface area (Å²) in [6.45, 7) is 3.01. The van der Waals surface area contributed by atoms with Gasteiger partial charge in [-0.3, -0.25) is 0 Å². The lowest BCUT2D eigenvalue weighted by Crippen LogP contribution is -2.19. The first kappa shape index (κ1) is 17.2. The molecule has 1 rings (SSSR count). The Kier molecular flexibility index (Phi) is 8.52. The molecule has 0 amide bonds. The fourth-order valence-corrected chi connectivity index (χ4v) is 2.55. The van der Waals surface area contributed by atoms with Gasteiger partial charge in [-0.15, -0.1) is 0 Å². The van der Waals surface area contributed by atoms with Crippen LogP contribution in [0, 0.1) is 23.7 Å². The van der Waals surface area contributed by atoms with Gasteiger partial charge < -0.3 is 19.7 Å². The molecule has 1 aliphatic rings. The Bertz CT molecular complexity index is 331. The quantitative estimate of drug-likeness (QED) is 0.402. The zero-order valence-electron chi connectivity index (χ0n) is 12.3. The van der Waals surface area contributed by atoms with Gasteiger partial charge in [0.15, 0.2) is 0 Å². The van der Waals surface area contributed by atoms with Crippen molar-refractivity contribution in [3.8, 4) is 11.8 Å². The summed E-state index contributed by atoms with van der Waals surface area (Å²) in [6, 6.07) is 0. The molecule has 0 aromatic carbocycles. The second-order valence-electron chi connectivity index (χ2n) is 5.40. The van der Waals surface area contributed by atoms with Crippen LogP contribution in [0.25, 0.3) is 0 Å². The number of carbonyl (C=O) groups excluding carboxylic acids is 1. The molecule has 4 nitrogen and oxygen atoms in total. The van der Waals surface area contributed by atoms with E-state index < -0.39 is 12.2 Å². The third-order valence-electron chi connectivity index (χ3n) is 3.76. The van der Waals surface area contributed by atoms with Crippen molar-refractivity contribution in [3.05, 3.63) is 0 Å². The van der Waals surface area contributed by atoms with Gasteiger partial charge in [-0.2, -0.15) is 0 Å². The molecule has 0 saturated heterocycles. The van der Waals surface area contributed by atoms with Crippen LogP contribution in [0.3, 0.4) is 0 Å². The van der Waals surface area contributed by atoms with Gasteiger partial charge in [0.25, 0.3) is 0 Å². The van der Waals surface area contributed by atoms with E-state index in [1.165, 1.54) is 0 Å². The molecule has 1 saturated carbocycles. The molecule has 1 fully saturated rings. The van der Waals surface area contributed by atoms with E-state index in [1.54, 1.807) is 0 Å². The molecular weight excluding hydrogens is 256 g/mol. The van der Waals surface area contributed by atoms with Crippen LogP contribution in [0.4, 0.5) is 0 Å². The van der Waals surface area contributed by atoms with Crippen LogP contribution in [-0.2, 0) is 9.53 Å². The fraction of sp³-hybridized carbons (Fsp3) is 0.812. The van der Waals surface area contributed by atoms with Crippen LogP contribution in [0.2, 0.25) is 0 Å². The van der Waals surface area contributed by atoms with E-state index in [0.717, 1.165) is 32.0 Å². The van der Waals surface area contributed by atoms with Crippen LogP contribution < -0.4 is 0 Å². The minimum Gasteiger partial charge on any atom is -0.393 e. The van der Waals surface area contributed by atoms with Crippen molar-refractivity contribution < 1.29 is 19.7 Å². The van der Waals surface area contributed by atoms with Crippen LogP contribution in [0.5, 0.6) is 0 Å². The maximum atomic E-state index is 10.6. The molecule has 4 atom stereocenters. The smallest absolute Gasteiger partial charge is 0.137 e. The lowest BCUT2D eigenvalue weighted by atomic mass is 9.92. The van der Waals surface area contributed by atoms with Crippen LogP contribution in [-0.4, -0.2) is 41.9 Å². The fourth-order valence-electron chi connectivity index (χ4n) is 2.55. The summed E-state index contributed by atoms with van der Waals surface area (Å²) in [5.41, 5.74) is 0. The number of ether oxygens (including phenoxy) is 1. The summed E-state index contributed by atoms with van der Waals surface area (Å²) in [6.07, 6.45) is 4.70.